The van der Waals surface area contributed by atoms with Crippen LogP contribution in [0.25, 0.3) is 6.08 Å². The molecule has 0 atom stereocenters. The molecule has 1 aromatic rings. The minimum Gasteiger partial charge on any atom is -0.504 e. The van der Waals surface area contributed by atoms with Crippen LogP contribution in [0.4, 0.5) is 4.79 Å². The van der Waals surface area contributed by atoms with E-state index >= 15 is 0 Å². The second-order valence-electron chi connectivity index (χ2n) is 4.92. The van der Waals surface area contributed by atoms with Crippen LogP contribution in [-0.2, 0) is 4.79 Å². The lowest BCUT2D eigenvalue weighted by atomic mass is 10.1. The number of carbonyl (C=O) groups is 2. The summed E-state index contributed by atoms with van der Waals surface area (Å²) in [6.07, 6.45) is 1.62. The van der Waals surface area contributed by atoms with Crippen molar-refractivity contribution in [3.05, 3.63) is 27.1 Å². The number of ether oxygens (including phenoxy) is 1. The number of imide groups is 1. The molecule has 0 unspecified atom stereocenters. The number of amides is 2. The van der Waals surface area contributed by atoms with E-state index in [-0.39, 0.29) is 22.9 Å². The van der Waals surface area contributed by atoms with Crippen LogP contribution < -0.4 is 4.74 Å². The Morgan fingerprint density at radius 3 is 2.64 bits per heavy atom. The summed E-state index contributed by atoms with van der Waals surface area (Å²) in [6, 6.07) is 2.95. The number of phenolic OH excluding ortho intramolecular Hbond substituents is 1. The molecular formula is C15H16BrNO4S. The Labute approximate surface area is 141 Å². The van der Waals surface area contributed by atoms with Crippen LogP contribution in [0.3, 0.4) is 0 Å². The zero-order valence-corrected chi connectivity index (χ0v) is 14.8. The number of rotatable bonds is 4. The number of thioether (sulfide) groups is 1. The maximum atomic E-state index is 12.3. The summed E-state index contributed by atoms with van der Waals surface area (Å²) >= 11 is 4.25. The van der Waals surface area contributed by atoms with Gasteiger partial charge in [-0.1, -0.05) is 15.9 Å². The van der Waals surface area contributed by atoms with Crippen molar-refractivity contribution in [2.45, 2.75) is 26.8 Å². The fourth-order valence-corrected chi connectivity index (χ4v) is 3.40. The maximum absolute atomic E-state index is 12.3. The largest absolute Gasteiger partial charge is 0.504 e. The first-order chi connectivity index (χ1) is 10.3. The quantitative estimate of drug-likeness (QED) is 0.793. The number of hydrogen-bond donors (Lipinski definition) is 1. The Kier molecular flexibility index (Phi) is 5.18. The van der Waals surface area contributed by atoms with Gasteiger partial charge in [0.15, 0.2) is 11.5 Å². The molecule has 1 aliphatic rings. The number of phenols is 1. The lowest BCUT2D eigenvalue weighted by Crippen LogP contribution is -2.34. The Bertz CT molecular complexity index is 657. The van der Waals surface area contributed by atoms with Gasteiger partial charge in [0.25, 0.3) is 11.1 Å². The predicted octanol–water partition coefficient (Wildman–Crippen LogP) is 4.00. The average molecular weight is 386 g/mol. The van der Waals surface area contributed by atoms with E-state index in [1.165, 1.54) is 11.0 Å². The summed E-state index contributed by atoms with van der Waals surface area (Å²) in [4.78, 5) is 25.7. The van der Waals surface area contributed by atoms with Crippen LogP contribution in [0.15, 0.2) is 21.5 Å². The van der Waals surface area contributed by atoms with Gasteiger partial charge in [0.1, 0.15) is 0 Å². The molecule has 5 nitrogen and oxygen atoms in total. The normalized spacial score (nSPS) is 17.0. The summed E-state index contributed by atoms with van der Waals surface area (Å²) < 4.78 is 5.95. The third kappa shape index (κ3) is 3.30. The predicted molar refractivity (Wildman–Crippen MR) is 89.9 cm³/mol. The van der Waals surface area contributed by atoms with Crippen LogP contribution >= 0.6 is 27.7 Å². The molecule has 118 valence electrons. The monoisotopic (exact) mass is 385 g/mol. The molecule has 2 rings (SSSR count). The van der Waals surface area contributed by atoms with E-state index in [4.69, 9.17) is 4.74 Å². The first-order valence-electron chi connectivity index (χ1n) is 6.77. The number of benzene rings is 1. The lowest BCUT2D eigenvalue weighted by molar-refractivity contribution is -0.123. The van der Waals surface area contributed by atoms with Crippen molar-refractivity contribution >= 4 is 44.9 Å². The van der Waals surface area contributed by atoms with E-state index < -0.39 is 0 Å². The van der Waals surface area contributed by atoms with E-state index in [9.17, 15) is 14.7 Å². The van der Waals surface area contributed by atoms with Gasteiger partial charge in [0, 0.05) is 10.5 Å². The Morgan fingerprint density at radius 2 is 2.09 bits per heavy atom. The van der Waals surface area contributed by atoms with Crippen molar-refractivity contribution in [1.29, 1.82) is 0 Å². The van der Waals surface area contributed by atoms with Crippen molar-refractivity contribution < 1.29 is 19.4 Å². The van der Waals surface area contributed by atoms with Gasteiger partial charge in [0.2, 0.25) is 0 Å². The highest BCUT2D eigenvalue weighted by atomic mass is 79.9. The molecule has 1 saturated heterocycles. The minimum absolute atomic E-state index is 0.0150. The number of aromatic hydroxyl groups is 1. The fraction of sp³-hybridized carbons (Fsp3) is 0.333. The van der Waals surface area contributed by atoms with E-state index in [1.807, 2.05) is 6.92 Å². The van der Waals surface area contributed by atoms with Gasteiger partial charge in [-0.2, -0.15) is 0 Å². The van der Waals surface area contributed by atoms with Crippen molar-refractivity contribution in [2.75, 3.05) is 6.61 Å². The maximum Gasteiger partial charge on any atom is 0.293 e. The summed E-state index contributed by atoms with van der Waals surface area (Å²) in [7, 11) is 0. The number of nitrogens with zero attached hydrogens (tertiary/aromatic N) is 1. The highest BCUT2D eigenvalue weighted by Crippen LogP contribution is 2.38. The fourth-order valence-electron chi connectivity index (χ4n) is 2.01. The molecule has 1 aliphatic heterocycles. The topological polar surface area (TPSA) is 66.8 Å². The molecule has 0 aromatic heterocycles. The second-order valence-corrected chi connectivity index (χ2v) is 6.77. The SMILES string of the molecule is CCOc1cc(/C=C2/SC(=O)N(C(C)C)C2=O)c(Br)cc1O. The van der Waals surface area contributed by atoms with Crippen LogP contribution in [-0.4, -0.2) is 33.8 Å². The third-order valence-electron chi connectivity index (χ3n) is 3.00. The molecule has 1 N–H and O–H groups in total. The van der Waals surface area contributed by atoms with Gasteiger partial charge in [-0.15, -0.1) is 0 Å². The molecule has 0 spiro atoms. The zero-order valence-electron chi connectivity index (χ0n) is 12.4. The Hall–Kier alpha value is -1.47. The molecule has 22 heavy (non-hydrogen) atoms. The molecule has 2 amide bonds. The molecule has 0 radical (unpaired) electrons. The van der Waals surface area contributed by atoms with E-state index in [0.717, 1.165) is 11.8 Å². The summed E-state index contributed by atoms with van der Waals surface area (Å²) in [5, 5.41) is 9.53. The van der Waals surface area contributed by atoms with Crippen LogP contribution in [0, 0.1) is 0 Å². The van der Waals surface area contributed by atoms with Crippen molar-refractivity contribution in [3.63, 3.8) is 0 Å². The number of hydrogen-bond acceptors (Lipinski definition) is 5. The Morgan fingerprint density at radius 1 is 1.41 bits per heavy atom. The first kappa shape index (κ1) is 16.9. The third-order valence-corrected chi connectivity index (χ3v) is 4.58. The smallest absolute Gasteiger partial charge is 0.293 e. The minimum atomic E-state index is -0.303. The van der Waals surface area contributed by atoms with Gasteiger partial charge >= 0.3 is 0 Å². The molecular weight excluding hydrogens is 370 g/mol. The standard InChI is InChI=1S/C15H16BrNO4S/c1-4-21-12-5-9(10(16)7-11(12)18)6-13-14(19)17(8(2)3)15(20)22-13/h5-8,18H,4H2,1-3H3/b13-6+. The van der Waals surface area contributed by atoms with E-state index in [2.05, 4.69) is 15.9 Å². The summed E-state index contributed by atoms with van der Waals surface area (Å²) in [5.74, 6) is 0.0455. The average Bonchev–Trinajstić information content (AvgIpc) is 2.70. The van der Waals surface area contributed by atoms with Gasteiger partial charge in [-0.05, 0) is 56.3 Å². The first-order valence-corrected chi connectivity index (χ1v) is 8.38. The van der Waals surface area contributed by atoms with Crippen molar-refractivity contribution in [3.8, 4) is 11.5 Å². The Balaban J connectivity index is 2.39. The van der Waals surface area contributed by atoms with Crippen molar-refractivity contribution in [1.82, 2.24) is 4.90 Å². The van der Waals surface area contributed by atoms with Gasteiger partial charge in [-0.25, -0.2) is 0 Å². The molecule has 1 aromatic carbocycles. The van der Waals surface area contributed by atoms with Gasteiger partial charge in [-0.3, -0.25) is 14.5 Å². The molecule has 1 heterocycles. The lowest BCUT2D eigenvalue weighted by Gasteiger charge is -2.16. The van der Waals surface area contributed by atoms with E-state index in [1.54, 1.807) is 26.0 Å². The molecule has 0 aliphatic carbocycles. The molecule has 7 heteroatoms. The van der Waals surface area contributed by atoms with Crippen LogP contribution in [0.5, 0.6) is 11.5 Å². The number of halogens is 1. The second kappa shape index (κ2) is 6.75. The molecule has 1 fully saturated rings. The molecule has 0 saturated carbocycles. The highest BCUT2D eigenvalue weighted by Gasteiger charge is 2.36. The van der Waals surface area contributed by atoms with Crippen LogP contribution in [0.2, 0.25) is 0 Å². The van der Waals surface area contributed by atoms with Crippen LogP contribution in [0.1, 0.15) is 26.3 Å². The van der Waals surface area contributed by atoms with Gasteiger partial charge in [0.05, 0.1) is 11.5 Å². The summed E-state index contributed by atoms with van der Waals surface area (Å²) in [5.41, 5.74) is 0.663. The molecule has 0 bridgehead atoms. The highest BCUT2D eigenvalue weighted by molar-refractivity contribution is 9.10. The summed E-state index contributed by atoms with van der Waals surface area (Å²) in [6.45, 7) is 5.82. The van der Waals surface area contributed by atoms with Crippen molar-refractivity contribution in [2.24, 2.45) is 0 Å². The van der Waals surface area contributed by atoms with E-state index in [0.29, 0.717) is 27.3 Å². The number of carbonyl (C=O) groups excluding carboxylic acids is 2. The van der Waals surface area contributed by atoms with Gasteiger partial charge < -0.3 is 9.84 Å². The zero-order chi connectivity index (χ0) is 16.4.